The lowest BCUT2D eigenvalue weighted by Crippen LogP contribution is -3.00. The lowest BCUT2D eigenvalue weighted by atomic mass is 10.0. The molecule has 124 valence electrons. The summed E-state index contributed by atoms with van der Waals surface area (Å²) in [5, 5.41) is 2.35. The predicted molar refractivity (Wildman–Crippen MR) is 87.0 cm³/mol. The number of hydrogen-bond acceptors (Lipinski definition) is 3. The lowest BCUT2D eigenvalue weighted by Gasteiger charge is -2.07. The SMILES string of the molecule is COc1ccc(Cc2c3cc4c(cc3cc[n+]2C)OCO4)cc1.[Cl-]. The zero-order valence-electron chi connectivity index (χ0n) is 13.6. The molecule has 5 heteroatoms. The van der Waals surface area contributed by atoms with Crippen LogP contribution in [0.4, 0.5) is 0 Å². The molecule has 0 spiro atoms. The molecule has 2 heterocycles. The zero-order valence-corrected chi connectivity index (χ0v) is 14.3. The van der Waals surface area contributed by atoms with E-state index in [9.17, 15) is 0 Å². The van der Waals surface area contributed by atoms with Gasteiger partial charge in [-0.15, -0.1) is 0 Å². The molecular weight excluding hydrogens is 326 g/mol. The Morgan fingerprint density at radius 2 is 1.75 bits per heavy atom. The molecule has 0 aliphatic carbocycles. The van der Waals surface area contributed by atoms with Crippen LogP contribution in [0.5, 0.6) is 17.2 Å². The molecule has 4 nitrogen and oxygen atoms in total. The topological polar surface area (TPSA) is 31.6 Å². The average Bonchev–Trinajstić information content (AvgIpc) is 3.04. The normalized spacial score (nSPS) is 12.1. The number of pyridine rings is 1. The van der Waals surface area contributed by atoms with Crippen molar-refractivity contribution in [1.82, 2.24) is 0 Å². The minimum absolute atomic E-state index is 0. The summed E-state index contributed by atoms with van der Waals surface area (Å²) in [4.78, 5) is 0. The Morgan fingerprint density at radius 1 is 1.04 bits per heavy atom. The Labute approximate surface area is 147 Å². The van der Waals surface area contributed by atoms with E-state index in [2.05, 4.69) is 48.1 Å². The minimum atomic E-state index is 0. The van der Waals surface area contributed by atoms with E-state index in [1.165, 1.54) is 16.6 Å². The molecule has 0 atom stereocenters. The van der Waals surface area contributed by atoms with Crippen molar-refractivity contribution in [2.75, 3.05) is 13.9 Å². The van der Waals surface area contributed by atoms with E-state index in [0.717, 1.165) is 29.1 Å². The van der Waals surface area contributed by atoms with Crippen molar-refractivity contribution in [2.45, 2.75) is 6.42 Å². The van der Waals surface area contributed by atoms with Crippen LogP contribution in [0, 0.1) is 0 Å². The number of fused-ring (bicyclic) bond motifs is 2. The highest BCUT2D eigenvalue weighted by Gasteiger charge is 2.19. The average molecular weight is 344 g/mol. The van der Waals surface area contributed by atoms with E-state index in [0.29, 0.717) is 6.79 Å². The summed E-state index contributed by atoms with van der Waals surface area (Å²) < 4.78 is 18.4. The Bertz CT molecular complexity index is 878. The number of aryl methyl sites for hydroxylation is 1. The highest BCUT2D eigenvalue weighted by atomic mass is 35.5. The first-order chi connectivity index (χ1) is 11.2. The molecule has 0 bridgehead atoms. The number of methoxy groups -OCH3 is 1. The van der Waals surface area contributed by atoms with Gasteiger partial charge in [0.1, 0.15) is 12.8 Å². The standard InChI is InChI=1S/C19H18NO3.ClH/c1-20-8-7-14-10-18-19(23-12-22-18)11-16(14)17(20)9-13-3-5-15(21-2)6-4-13;/h3-8,10-11H,9,12H2,1-2H3;1H/q+1;/p-1. The van der Waals surface area contributed by atoms with Crippen molar-refractivity contribution in [2.24, 2.45) is 7.05 Å². The van der Waals surface area contributed by atoms with Gasteiger partial charge in [-0.25, -0.2) is 4.57 Å². The van der Waals surface area contributed by atoms with Crippen molar-refractivity contribution in [3.05, 3.63) is 59.9 Å². The van der Waals surface area contributed by atoms with Gasteiger partial charge in [-0.3, -0.25) is 0 Å². The predicted octanol–water partition coefficient (Wildman–Crippen LogP) is -0.00360. The second kappa shape index (κ2) is 6.57. The number of hydrogen-bond donors (Lipinski definition) is 0. The first-order valence-corrected chi connectivity index (χ1v) is 7.58. The third kappa shape index (κ3) is 2.85. The van der Waals surface area contributed by atoms with Crippen molar-refractivity contribution < 1.29 is 31.2 Å². The van der Waals surface area contributed by atoms with Crippen LogP contribution in [0.2, 0.25) is 0 Å². The summed E-state index contributed by atoms with van der Waals surface area (Å²) in [5.74, 6) is 2.51. The molecule has 0 N–H and O–H groups in total. The molecule has 2 aromatic carbocycles. The number of benzene rings is 2. The van der Waals surface area contributed by atoms with Gasteiger partial charge >= 0.3 is 0 Å². The van der Waals surface area contributed by atoms with Crippen LogP contribution in [0.3, 0.4) is 0 Å². The minimum Gasteiger partial charge on any atom is -1.00 e. The van der Waals surface area contributed by atoms with E-state index < -0.39 is 0 Å². The molecule has 0 saturated heterocycles. The van der Waals surface area contributed by atoms with Crippen LogP contribution in [0.15, 0.2) is 48.7 Å². The quantitative estimate of drug-likeness (QED) is 0.627. The smallest absolute Gasteiger partial charge is 0.231 e. The van der Waals surface area contributed by atoms with Gasteiger partial charge in [-0.05, 0) is 35.2 Å². The second-order valence-electron chi connectivity index (χ2n) is 5.69. The maximum absolute atomic E-state index is 5.53. The maximum Gasteiger partial charge on any atom is 0.231 e. The molecule has 0 fully saturated rings. The molecule has 1 aliphatic rings. The fourth-order valence-corrected chi connectivity index (χ4v) is 2.97. The van der Waals surface area contributed by atoms with Crippen LogP contribution in [0.25, 0.3) is 10.8 Å². The number of halogens is 1. The van der Waals surface area contributed by atoms with Gasteiger partial charge in [-0.2, -0.15) is 0 Å². The molecule has 0 unspecified atom stereocenters. The summed E-state index contributed by atoms with van der Waals surface area (Å²) in [6.07, 6.45) is 2.93. The third-order valence-electron chi connectivity index (χ3n) is 4.29. The lowest BCUT2D eigenvalue weighted by molar-refractivity contribution is -0.677. The number of nitrogens with zero attached hydrogens (tertiary/aromatic N) is 1. The molecule has 3 aromatic rings. The van der Waals surface area contributed by atoms with E-state index in [-0.39, 0.29) is 12.4 Å². The fourth-order valence-electron chi connectivity index (χ4n) is 2.97. The Balaban J connectivity index is 0.00000169. The number of aromatic nitrogens is 1. The van der Waals surface area contributed by atoms with Crippen molar-refractivity contribution in [3.8, 4) is 17.2 Å². The van der Waals surface area contributed by atoms with Crippen LogP contribution < -0.4 is 31.2 Å². The highest BCUT2D eigenvalue weighted by molar-refractivity contribution is 5.87. The van der Waals surface area contributed by atoms with Crippen molar-refractivity contribution in [1.29, 1.82) is 0 Å². The van der Waals surface area contributed by atoms with Gasteiger partial charge in [0.2, 0.25) is 6.79 Å². The molecular formula is C19H18ClNO3. The largest absolute Gasteiger partial charge is 1.00 e. The summed E-state index contributed by atoms with van der Waals surface area (Å²) in [6.45, 7) is 0.297. The van der Waals surface area contributed by atoms with Gasteiger partial charge in [-0.1, -0.05) is 12.1 Å². The third-order valence-corrected chi connectivity index (χ3v) is 4.29. The van der Waals surface area contributed by atoms with Gasteiger partial charge in [0.05, 0.1) is 18.9 Å². The monoisotopic (exact) mass is 343 g/mol. The molecule has 0 saturated carbocycles. The molecule has 1 aromatic heterocycles. The fraction of sp³-hybridized carbons (Fsp3) is 0.211. The van der Waals surface area contributed by atoms with E-state index >= 15 is 0 Å². The zero-order chi connectivity index (χ0) is 15.8. The summed E-state index contributed by atoms with van der Waals surface area (Å²) in [5.41, 5.74) is 2.48. The Morgan fingerprint density at radius 3 is 2.46 bits per heavy atom. The number of rotatable bonds is 3. The molecule has 1 aliphatic heterocycles. The van der Waals surface area contributed by atoms with Crippen LogP contribution in [-0.2, 0) is 13.5 Å². The van der Waals surface area contributed by atoms with E-state index in [4.69, 9.17) is 14.2 Å². The maximum atomic E-state index is 5.53. The summed E-state index contributed by atoms with van der Waals surface area (Å²) in [6, 6.07) is 14.4. The first-order valence-electron chi connectivity index (χ1n) is 7.58. The highest BCUT2D eigenvalue weighted by Crippen LogP contribution is 2.36. The van der Waals surface area contributed by atoms with Gasteiger partial charge in [0.25, 0.3) is 0 Å². The molecule has 0 amide bonds. The van der Waals surface area contributed by atoms with Crippen LogP contribution >= 0.6 is 0 Å². The Hall–Kier alpha value is -2.46. The van der Waals surface area contributed by atoms with Crippen LogP contribution in [0.1, 0.15) is 11.3 Å². The van der Waals surface area contributed by atoms with Gasteiger partial charge in [0.15, 0.2) is 23.4 Å². The second-order valence-corrected chi connectivity index (χ2v) is 5.69. The van der Waals surface area contributed by atoms with Gasteiger partial charge < -0.3 is 26.6 Å². The number of ether oxygens (including phenoxy) is 3. The van der Waals surface area contributed by atoms with E-state index in [1.807, 2.05) is 12.1 Å². The molecule has 4 rings (SSSR count). The first kappa shape index (κ1) is 16.4. The summed E-state index contributed by atoms with van der Waals surface area (Å²) in [7, 11) is 3.76. The van der Waals surface area contributed by atoms with Gasteiger partial charge in [0, 0.05) is 6.07 Å². The molecule has 0 radical (unpaired) electrons. The van der Waals surface area contributed by atoms with Crippen molar-refractivity contribution >= 4 is 10.8 Å². The van der Waals surface area contributed by atoms with Crippen LogP contribution in [-0.4, -0.2) is 13.9 Å². The Kier molecular flexibility index (Phi) is 4.49. The summed E-state index contributed by atoms with van der Waals surface area (Å²) >= 11 is 0. The van der Waals surface area contributed by atoms with Crippen molar-refractivity contribution in [3.63, 3.8) is 0 Å². The van der Waals surface area contributed by atoms with E-state index in [1.54, 1.807) is 7.11 Å². The molecule has 24 heavy (non-hydrogen) atoms.